The van der Waals surface area contributed by atoms with Crippen molar-refractivity contribution in [3.05, 3.63) is 106 Å². The number of nitrogens with one attached hydrogen (secondary N) is 2. The molecule has 2 aliphatic carbocycles. The first-order valence-electron chi connectivity index (χ1n) is 22.2. The second kappa shape index (κ2) is 14.9. The van der Waals surface area contributed by atoms with E-state index in [0.29, 0.717) is 71.3 Å². The summed E-state index contributed by atoms with van der Waals surface area (Å²) in [6.07, 6.45) is 8.17. The zero-order valence-electron chi connectivity index (χ0n) is 35.4. The number of aromatic nitrogens is 5. The number of nitrogens with zero attached hydrogens (tertiary/aromatic N) is 9. The predicted molar refractivity (Wildman–Crippen MR) is 237 cm³/mol. The molecule has 4 fully saturated rings. The normalized spacial score (nSPS) is 23.2. The Labute approximate surface area is 364 Å². The molecule has 324 valence electrons. The molecule has 1 saturated carbocycles. The van der Waals surface area contributed by atoms with Crippen molar-refractivity contribution in [3.63, 3.8) is 0 Å². The minimum atomic E-state index is -0.995. The van der Waals surface area contributed by atoms with E-state index in [1.165, 1.54) is 12.8 Å². The zero-order chi connectivity index (χ0) is 43.2. The second-order valence-corrected chi connectivity index (χ2v) is 18.3. The van der Waals surface area contributed by atoms with E-state index in [4.69, 9.17) is 9.97 Å². The molecule has 63 heavy (non-hydrogen) atoms. The van der Waals surface area contributed by atoms with Crippen LogP contribution in [0.25, 0.3) is 16.9 Å². The van der Waals surface area contributed by atoms with Gasteiger partial charge < -0.3 is 25.1 Å². The number of hydrogen-bond donors (Lipinski definition) is 3. The van der Waals surface area contributed by atoms with Gasteiger partial charge in [-0.3, -0.25) is 29.4 Å². The van der Waals surface area contributed by atoms with Crippen LogP contribution in [0.4, 0.5) is 23.0 Å². The SMILES string of the molecule is C=CCn1c(=O)c2cnc(Nc3ccc(N4CCN(C5CC6(C5)CN(c5ccc7c(c5)CN(C5CCC(=O)NC5=O)C7=O)C6)CC4)cc3)nc2n1-c1ccc2c(n1)[C@@](O)(CC)CC2. The van der Waals surface area contributed by atoms with Crippen LogP contribution in [0.2, 0.25) is 0 Å². The van der Waals surface area contributed by atoms with Gasteiger partial charge in [0.15, 0.2) is 11.5 Å². The Morgan fingerprint density at radius 3 is 2.44 bits per heavy atom. The summed E-state index contributed by atoms with van der Waals surface area (Å²) in [4.78, 5) is 74.2. The summed E-state index contributed by atoms with van der Waals surface area (Å²) >= 11 is 0. The number of pyridine rings is 1. The van der Waals surface area contributed by atoms with Crippen LogP contribution in [-0.4, -0.2) is 108 Å². The molecular weight excluding hydrogens is 799 g/mol. The Bertz CT molecular complexity index is 2760. The van der Waals surface area contributed by atoms with Gasteiger partial charge in [-0.25, -0.2) is 19.3 Å². The van der Waals surface area contributed by atoms with Gasteiger partial charge in [-0.05, 0) is 98.2 Å². The number of amides is 3. The number of aliphatic hydroxyl groups is 1. The van der Waals surface area contributed by atoms with Gasteiger partial charge >= 0.3 is 0 Å². The Balaban J connectivity index is 0.692. The third kappa shape index (κ3) is 6.60. The molecule has 7 heterocycles. The number of fused-ring (bicyclic) bond motifs is 3. The first-order valence-corrected chi connectivity index (χ1v) is 22.2. The van der Waals surface area contributed by atoms with Crippen molar-refractivity contribution in [2.45, 2.75) is 82.6 Å². The van der Waals surface area contributed by atoms with Crippen molar-refractivity contribution in [3.8, 4) is 5.82 Å². The zero-order valence-corrected chi connectivity index (χ0v) is 35.4. The third-order valence-electron chi connectivity index (χ3n) is 14.6. The highest BCUT2D eigenvalue weighted by atomic mass is 16.3. The van der Waals surface area contributed by atoms with E-state index in [1.54, 1.807) is 26.5 Å². The lowest BCUT2D eigenvalue weighted by molar-refractivity contribution is -0.136. The molecule has 3 aromatic heterocycles. The molecule has 2 atom stereocenters. The fourth-order valence-corrected chi connectivity index (χ4v) is 11.0. The highest BCUT2D eigenvalue weighted by Gasteiger charge is 2.54. The summed E-state index contributed by atoms with van der Waals surface area (Å²) in [6.45, 7) is 12.5. The van der Waals surface area contributed by atoms with Gasteiger partial charge in [-0.15, -0.1) is 6.58 Å². The number of piperazine rings is 1. The molecule has 0 radical (unpaired) electrons. The Hall–Kier alpha value is -6.39. The lowest BCUT2D eigenvalue weighted by Crippen LogP contribution is -2.68. The van der Waals surface area contributed by atoms with Crippen molar-refractivity contribution in [1.29, 1.82) is 0 Å². The maximum Gasteiger partial charge on any atom is 0.278 e. The highest BCUT2D eigenvalue weighted by molar-refractivity contribution is 6.05. The number of rotatable bonds is 10. The Morgan fingerprint density at radius 1 is 0.921 bits per heavy atom. The number of imide groups is 1. The second-order valence-electron chi connectivity index (χ2n) is 18.3. The molecule has 11 rings (SSSR count). The summed E-state index contributed by atoms with van der Waals surface area (Å²) in [5.41, 5.74) is 5.94. The lowest BCUT2D eigenvalue weighted by Gasteiger charge is -2.62. The third-order valence-corrected chi connectivity index (χ3v) is 14.6. The predicted octanol–water partition coefficient (Wildman–Crippen LogP) is 4.00. The van der Waals surface area contributed by atoms with E-state index in [2.05, 4.69) is 55.1 Å². The average molecular weight is 850 g/mol. The fourth-order valence-electron chi connectivity index (χ4n) is 11.0. The molecule has 1 unspecified atom stereocenters. The van der Waals surface area contributed by atoms with Gasteiger partial charge in [0.1, 0.15) is 17.0 Å². The summed E-state index contributed by atoms with van der Waals surface area (Å²) in [7, 11) is 0. The van der Waals surface area contributed by atoms with Gasteiger partial charge in [0.05, 0.1) is 12.2 Å². The molecule has 0 bridgehead atoms. The minimum Gasteiger partial charge on any atom is -0.384 e. The van der Waals surface area contributed by atoms with Gasteiger partial charge in [-0.2, -0.15) is 4.98 Å². The van der Waals surface area contributed by atoms with E-state index in [9.17, 15) is 24.3 Å². The Morgan fingerprint density at radius 2 is 1.70 bits per heavy atom. The number of carbonyl (C=O) groups excluding carboxylic acids is 3. The monoisotopic (exact) mass is 849 g/mol. The van der Waals surface area contributed by atoms with E-state index < -0.39 is 11.6 Å². The van der Waals surface area contributed by atoms with Gasteiger partial charge in [0, 0.05) is 92.5 Å². The van der Waals surface area contributed by atoms with Gasteiger partial charge in [-0.1, -0.05) is 19.1 Å². The number of anilines is 4. The molecule has 1 spiro atoms. The molecule has 3 N–H and O–H groups in total. The number of piperidine rings is 1. The number of aryl methyl sites for hydroxylation is 1. The van der Waals surface area contributed by atoms with E-state index in [1.807, 2.05) is 43.3 Å². The molecule has 16 heteroatoms. The van der Waals surface area contributed by atoms with Gasteiger partial charge in [0.25, 0.3) is 11.5 Å². The number of hydrogen-bond acceptors (Lipinski definition) is 12. The quantitative estimate of drug-likeness (QED) is 0.136. The van der Waals surface area contributed by atoms with Crippen molar-refractivity contribution in [1.82, 2.24) is 39.4 Å². The Kier molecular flexibility index (Phi) is 9.31. The average Bonchev–Trinajstić information content (AvgIpc) is 3.87. The van der Waals surface area contributed by atoms with Crippen LogP contribution in [-0.2, 0) is 34.7 Å². The number of carbonyl (C=O) groups is 3. The van der Waals surface area contributed by atoms with Crippen LogP contribution in [0.5, 0.6) is 0 Å². The standard InChI is InChI=1S/C47H51N11O5/c1-3-17-57-44(62)36-25-48-45(52-41(36)58(57)38-13-5-29-15-16-47(63,4-2)40(29)50-38)49-31-6-8-32(9-7-31)53-18-20-54(21-19-53)34-23-46(24-34)27-55(28-46)33-10-11-35-30(22-33)26-56(43(35)61)37-12-14-39(59)51-42(37)60/h3,5-11,13,22,25,34,37,63H,1,4,12,14-21,23-24,26-28H2,2H3,(H,48,49,52)(H,51,59,60)/t37?,47-/m1/s1. The summed E-state index contributed by atoms with van der Waals surface area (Å²) in [5, 5.41) is 17.4. The molecule has 2 aromatic carbocycles. The van der Waals surface area contributed by atoms with E-state index in [0.717, 1.165) is 73.9 Å². The first kappa shape index (κ1) is 39.5. The maximum absolute atomic E-state index is 13.5. The van der Waals surface area contributed by atoms with Crippen LogP contribution in [0.15, 0.2) is 78.2 Å². The van der Waals surface area contributed by atoms with Crippen molar-refractivity contribution in [2.24, 2.45) is 5.41 Å². The van der Waals surface area contributed by atoms with Crippen molar-refractivity contribution >= 4 is 51.8 Å². The van der Waals surface area contributed by atoms with Crippen LogP contribution < -0.4 is 26.0 Å². The highest BCUT2D eigenvalue weighted by Crippen LogP contribution is 2.52. The van der Waals surface area contributed by atoms with Gasteiger partial charge in [0.2, 0.25) is 17.8 Å². The van der Waals surface area contributed by atoms with Crippen LogP contribution >= 0.6 is 0 Å². The van der Waals surface area contributed by atoms with E-state index >= 15 is 0 Å². The van der Waals surface area contributed by atoms with Crippen LogP contribution in [0.1, 0.15) is 72.6 Å². The van der Waals surface area contributed by atoms with Crippen molar-refractivity contribution < 1.29 is 19.5 Å². The summed E-state index contributed by atoms with van der Waals surface area (Å²) in [5.74, 6) is 0.0695. The smallest absolute Gasteiger partial charge is 0.278 e. The maximum atomic E-state index is 13.5. The molecule has 4 aliphatic heterocycles. The number of allylic oxidation sites excluding steroid dienone is 1. The summed E-state index contributed by atoms with van der Waals surface area (Å²) < 4.78 is 3.25. The molecule has 3 amide bonds. The summed E-state index contributed by atoms with van der Waals surface area (Å²) in [6, 6.07) is 18.2. The molecule has 5 aromatic rings. The largest absolute Gasteiger partial charge is 0.384 e. The lowest BCUT2D eigenvalue weighted by atomic mass is 9.60. The van der Waals surface area contributed by atoms with E-state index in [-0.39, 0.29) is 36.2 Å². The number of benzene rings is 2. The van der Waals surface area contributed by atoms with Crippen molar-refractivity contribution in [2.75, 3.05) is 54.4 Å². The van der Waals surface area contributed by atoms with Crippen LogP contribution in [0.3, 0.4) is 0 Å². The molecule has 6 aliphatic rings. The fraction of sp³-hybridized carbons (Fsp3) is 0.426. The minimum absolute atomic E-state index is 0.134. The molecular formula is C47H51N11O5. The molecule has 3 saturated heterocycles. The first-order chi connectivity index (χ1) is 30.5. The van der Waals surface area contributed by atoms with Crippen LogP contribution in [0, 0.1) is 5.41 Å². The molecule has 16 nitrogen and oxygen atoms in total. The topological polar surface area (TPSA) is 174 Å².